The number of nitrogens with one attached hydrogen (secondary N) is 1. The van der Waals surface area contributed by atoms with E-state index in [1.54, 1.807) is 0 Å². The van der Waals surface area contributed by atoms with Gasteiger partial charge in [0.2, 0.25) is 5.91 Å². The van der Waals surface area contributed by atoms with E-state index >= 15 is 0 Å². The molecule has 2 unspecified atom stereocenters. The van der Waals surface area contributed by atoms with Crippen LogP contribution in [-0.2, 0) is 9.59 Å². The van der Waals surface area contributed by atoms with Gasteiger partial charge in [-0.15, -0.1) is 0 Å². The van der Waals surface area contributed by atoms with Crippen molar-refractivity contribution in [1.29, 1.82) is 0 Å². The molecule has 108 valence electrons. The number of carboxylic acid groups (broad SMARTS) is 1. The van der Waals surface area contributed by atoms with E-state index in [2.05, 4.69) is 5.32 Å². The number of para-hydroxylation sites is 2. The highest BCUT2D eigenvalue weighted by molar-refractivity contribution is 5.97. The summed E-state index contributed by atoms with van der Waals surface area (Å²) >= 11 is 0. The fraction of sp³-hybridized carbons (Fsp3) is 0.467. The van der Waals surface area contributed by atoms with Crippen LogP contribution in [0.4, 0.5) is 11.4 Å². The molecule has 0 bridgehead atoms. The van der Waals surface area contributed by atoms with Gasteiger partial charge in [-0.3, -0.25) is 9.59 Å². The topological polar surface area (TPSA) is 69.6 Å². The number of benzene rings is 1. The SMILES string of the molecule is CN(C)c1ccccc1NC(=O)C1CCCC1C(=O)O. The number of aliphatic carboxylic acids is 1. The second-order valence-electron chi connectivity index (χ2n) is 5.38. The number of carboxylic acids is 1. The summed E-state index contributed by atoms with van der Waals surface area (Å²) in [5.74, 6) is -2.04. The lowest BCUT2D eigenvalue weighted by Gasteiger charge is -2.20. The van der Waals surface area contributed by atoms with E-state index in [4.69, 9.17) is 5.11 Å². The van der Waals surface area contributed by atoms with Gasteiger partial charge in [0.25, 0.3) is 0 Å². The van der Waals surface area contributed by atoms with Crippen molar-refractivity contribution in [3.05, 3.63) is 24.3 Å². The highest BCUT2D eigenvalue weighted by atomic mass is 16.4. The third-order valence-electron chi connectivity index (χ3n) is 3.81. The molecule has 0 aromatic heterocycles. The van der Waals surface area contributed by atoms with E-state index in [9.17, 15) is 9.59 Å². The molecule has 0 saturated heterocycles. The molecule has 20 heavy (non-hydrogen) atoms. The first-order valence-electron chi connectivity index (χ1n) is 6.80. The maximum Gasteiger partial charge on any atom is 0.307 e. The minimum atomic E-state index is -0.872. The van der Waals surface area contributed by atoms with E-state index in [-0.39, 0.29) is 5.91 Å². The van der Waals surface area contributed by atoms with Gasteiger partial charge in [-0.05, 0) is 25.0 Å². The lowest BCUT2D eigenvalue weighted by atomic mass is 9.95. The minimum Gasteiger partial charge on any atom is -0.481 e. The number of rotatable bonds is 4. The minimum absolute atomic E-state index is 0.191. The second kappa shape index (κ2) is 5.94. The number of carbonyl (C=O) groups is 2. The Hall–Kier alpha value is -2.04. The number of hydrogen-bond donors (Lipinski definition) is 2. The zero-order valence-electron chi connectivity index (χ0n) is 11.8. The van der Waals surface area contributed by atoms with E-state index in [1.165, 1.54) is 0 Å². The quantitative estimate of drug-likeness (QED) is 0.884. The van der Waals surface area contributed by atoms with E-state index in [1.807, 2.05) is 43.3 Å². The third-order valence-corrected chi connectivity index (χ3v) is 3.81. The second-order valence-corrected chi connectivity index (χ2v) is 5.38. The van der Waals surface area contributed by atoms with Crippen LogP contribution < -0.4 is 10.2 Å². The molecule has 1 amide bonds. The third kappa shape index (κ3) is 2.92. The fourth-order valence-electron chi connectivity index (χ4n) is 2.76. The van der Waals surface area contributed by atoms with Crippen molar-refractivity contribution >= 4 is 23.3 Å². The maximum atomic E-state index is 12.3. The summed E-state index contributed by atoms with van der Waals surface area (Å²) in [5.41, 5.74) is 1.63. The van der Waals surface area contributed by atoms with Crippen molar-refractivity contribution in [2.24, 2.45) is 11.8 Å². The van der Waals surface area contributed by atoms with Crippen LogP contribution in [0.2, 0.25) is 0 Å². The first-order chi connectivity index (χ1) is 9.50. The summed E-state index contributed by atoms with van der Waals surface area (Å²) < 4.78 is 0. The Morgan fingerprint density at radius 2 is 1.85 bits per heavy atom. The molecule has 2 N–H and O–H groups in total. The highest BCUT2D eigenvalue weighted by Crippen LogP contribution is 2.33. The predicted molar refractivity (Wildman–Crippen MR) is 77.9 cm³/mol. The number of nitrogens with zero attached hydrogens (tertiary/aromatic N) is 1. The van der Waals surface area contributed by atoms with E-state index < -0.39 is 17.8 Å². The number of hydrogen-bond acceptors (Lipinski definition) is 3. The Morgan fingerprint density at radius 3 is 2.50 bits per heavy atom. The molecule has 1 aliphatic carbocycles. The van der Waals surface area contributed by atoms with Crippen molar-refractivity contribution in [3.63, 3.8) is 0 Å². The Morgan fingerprint density at radius 1 is 1.20 bits per heavy atom. The first kappa shape index (κ1) is 14.4. The lowest BCUT2D eigenvalue weighted by Crippen LogP contribution is -2.30. The Kier molecular flexibility index (Phi) is 4.27. The van der Waals surface area contributed by atoms with Crippen molar-refractivity contribution in [2.45, 2.75) is 19.3 Å². The van der Waals surface area contributed by atoms with Gasteiger partial charge in [-0.2, -0.15) is 0 Å². The molecule has 0 heterocycles. The molecule has 5 heteroatoms. The largest absolute Gasteiger partial charge is 0.481 e. The van der Waals surface area contributed by atoms with Crippen molar-refractivity contribution in [1.82, 2.24) is 0 Å². The first-order valence-corrected chi connectivity index (χ1v) is 6.80. The van der Waals surface area contributed by atoms with Crippen LogP contribution in [0.25, 0.3) is 0 Å². The monoisotopic (exact) mass is 276 g/mol. The smallest absolute Gasteiger partial charge is 0.307 e. The molecule has 1 aromatic carbocycles. The molecule has 0 radical (unpaired) electrons. The molecule has 0 spiro atoms. The summed E-state index contributed by atoms with van der Waals surface area (Å²) in [6.45, 7) is 0. The number of anilines is 2. The lowest BCUT2D eigenvalue weighted by molar-refractivity contribution is -0.145. The zero-order chi connectivity index (χ0) is 14.7. The van der Waals surface area contributed by atoms with Crippen molar-refractivity contribution in [2.75, 3.05) is 24.3 Å². The predicted octanol–water partition coefficient (Wildman–Crippen LogP) is 2.19. The highest BCUT2D eigenvalue weighted by Gasteiger charge is 2.37. The molecule has 2 atom stereocenters. The average Bonchev–Trinajstić information content (AvgIpc) is 2.88. The molecule has 1 aromatic rings. The Bertz CT molecular complexity index is 514. The molecule has 5 nitrogen and oxygen atoms in total. The van der Waals surface area contributed by atoms with Gasteiger partial charge in [0.05, 0.1) is 23.2 Å². The summed E-state index contributed by atoms with van der Waals surface area (Å²) in [4.78, 5) is 25.4. The summed E-state index contributed by atoms with van der Waals surface area (Å²) in [6, 6.07) is 7.50. The summed E-state index contributed by atoms with van der Waals surface area (Å²) in [5, 5.41) is 12.0. The van der Waals surface area contributed by atoms with Crippen LogP contribution in [0.3, 0.4) is 0 Å². The van der Waals surface area contributed by atoms with Gasteiger partial charge >= 0.3 is 5.97 Å². The van der Waals surface area contributed by atoms with E-state index in [0.717, 1.165) is 17.8 Å². The standard InChI is InChI=1S/C15H20N2O3/c1-17(2)13-9-4-3-8-12(13)16-14(18)10-6-5-7-11(10)15(19)20/h3-4,8-11H,5-7H2,1-2H3,(H,16,18)(H,19,20). The molecule has 1 aliphatic rings. The maximum absolute atomic E-state index is 12.3. The van der Waals surface area contributed by atoms with Crippen molar-refractivity contribution in [3.8, 4) is 0 Å². The number of amides is 1. The Balaban J connectivity index is 2.14. The van der Waals surface area contributed by atoms with Crippen molar-refractivity contribution < 1.29 is 14.7 Å². The van der Waals surface area contributed by atoms with Crippen LogP contribution in [-0.4, -0.2) is 31.1 Å². The van der Waals surface area contributed by atoms with Gasteiger partial charge < -0.3 is 15.3 Å². The molecule has 1 fully saturated rings. The fourth-order valence-corrected chi connectivity index (χ4v) is 2.76. The van der Waals surface area contributed by atoms with Gasteiger partial charge in [0.1, 0.15) is 0 Å². The zero-order valence-corrected chi connectivity index (χ0v) is 11.8. The Labute approximate surface area is 118 Å². The van der Waals surface area contributed by atoms with Gasteiger partial charge in [0, 0.05) is 14.1 Å². The van der Waals surface area contributed by atoms with Crippen LogP contribution in [0.5, 0.6) is 0 Å². The van der Waals surface area contributed by atoms with E-state index in [0.29, 0.717) is 12.8 Å². The summed E-state index contributed by atoms with van der Waals surface area (Å²) in [7, 11) is 3.81. The molecule has 1 saturated carbocycles. The van der Waals surface area contributed by atoms with Crippen LogP contribution in [0.15, 0.2) is 24.3 Å². The molecule has 2 rings (SSSR count). The van der Waals surface area contributed by atoms with Crippen LogP contribution in [0, 0.1) is 11.8 Å². The number of carbonyl (C=O) groups excluding carboxylic acids is 1. The van der Waals surface area contributed by atoms with Gasteiger partial charge in [-0.25, -0.2) is 0 Å². The molecular weight excluding hydrogens is 256 g/mol. The molecule has 0 aliphatic heterocycles. The van der Waals surface area contributed by atoms with Gasteiger partial charge in [0.15, 0.2) is 0 Å². The van der Waals surface area contributed by atoms with Crippen LogP contribution in [0.1, 0.15) is 19.3 Å². The molecular formula is C15H20N2O3. The normalized spacial score (nSPS) is 21.5. The van der Waals surface area contributed by atoms with Gasteiger partial charge in [-0.1, -0.05) is 18.6 Å². The van der Waals surface area contributed by atoms with Crippen LogP contribution >= 0.6 is 0 Å². The average molecular weight is 276 g/mol. The summed E-state index contributed by atoms with van der Waals surface area (Å²) in [6.07, 6.45) is 2.03.